The molecule has 0 saturated heterocycles. The maximum atomic E-state index is 11.9. The van der Waals surface area contributed by atoms with Crippen LogP contribution < -0.4 is 5.32 Å². The molecule has 128 valence electrons. The maximum Gasteiger partial charge on any atom is 0.271 e. The first-order valence-electron chi connectivity index (χ1n) is 7.75. The van der Waals surface area contributed by atoms with Gasteiger partial charge in [0, 0.05) is 38.3 Å². The number of nitrogens with one attached hydrogen (secondary N) is 1. The van der Waals surface area contributed by atoms with Crippen molar-refractivity contribution >= 4 is 29.2 Å². The van der Waals surface area contributed by atoms with E-state index in [1.807, 2.05) is 24.3 Å². The summed E-state index contributed by atoms with van der Waals surface area (Å²) in [5.41, 5.74) is 2.73. The molecule has 0 bridgehead atoms. The summed E-state index contributed by atoms with van der Waals surface area (Å²) in [6.07, 6.45) is 8.38. The number of rotatable bonds is 6. The lowest BCUT2D eigenvalue weighted by Gasteiger charge is -2.10. The van der Waals surface area contributed by atoms with E-state index in [0.717, 1.165) is 11.3 Å². The van der Waals surface area contributed by atoms with Gasteiger partial charge in [-0.05, 0) is 36.8 Å². The number of nitrogens with zero attached hydrogens (tertiary/aromatic N) is 4. The molecular weight excluding hydrogens is 314 g/mol. The van der Waals surface area contributed by atoms with Crippen molar-refractivity contribution in [3.05, 3.63) is 66.8 Å². The minimum Gasteiger partial charge on any atom is -0.343 e. The van der Waals surface area contributed by atoms with Crippen LogP contribution in [0.2, 0.25) is 0 Å². The number of hydrogen-bond acceptors (Lipinski definition) is 5. The van der Waals surface area contributed by atoms with Crippen LogP contribution in [0.15, 0.2) is 66.2 Å². The maximum absolute atomic E-state index is 11.9. The summed E-state index contributed by atoms with van der Waals surface area (Å²) >= 11 is 0. The van der Waals surface area contributed by atoms with E-state index >= 15 is 0 Å². The number of likely N-dealkylation sites (N-methyl/N-ethyl adjacent to an activating group) is 1. The fourth-order valence-corrected chi connectivity index (χ4v) is 1.95. The molecule has 2 heterocycles. The molecule has 25 heavy (non-hydrogen) atoms. The van der Waals surface area contributed by atoms with Crippen molar-refractivity contribution in [3.63, 3.8) is 0 Å². The van der Waals surface area contributed by atoms with E-state index in [1.165, 1.54) is 4.90 Å². The first kappa shape index (κ1) is 18.1. The predicted molar refractivity (Wildman–Crippen MR) is 102 cm³/mol. The van der Waals surface area contributed by atoms with Crippen LogP contribution in [0.3, 0.4) is 0 Å². The zero-order valence-electron chi connectivity index (χ0n) is 14.6. The highest BCUT2D eigenvalue weighted by Gasteiger charge is 2.09. The Morgan fingerprint density at radius 2 is 2.08 bits per heavy atom. The molecular formula is C19H21N5O. The highest BCUT2D eigenvalue weighted by molar-refractivity contribution is 6.10. The summed E-state index contributed by atoms with van der Waals surface area (Å²) in [6.45, 7) is 5.75. The minimum atomic E-state index is -0.152. The van der Waals surface area contributed by atoms with Crippen LogP contribution in [0.5, 0.6) is 0 Å². The van der Waals surface area contributed by atoms with Crippen molar-refractivity contribution < 1.29 is 4.79 Å². The zero-order valence-corrected chi connectivity index (χ0v) is 14.6. The van der Waals surface area contributed by atoms with Gasteiger partial charge in [-0.1, -0.05) is 12.7 Å². The van der Waals surface area contributed by atoms with E-state index < -0.39 is 0 Å². The lowest BCUT2D eigenvalue weighted by Crippen LogP contribution is -2.22. The highest BCUT2D eigenvalue weighted by atomic mass is 16.2. The summed E-state index contributed by atoms with van der Waals surface area (Å²) in [5, 5.41) is 3.16. The normalized spacial score (nSPS) is 11.4. The Morgan fingerprint density at radius 3 is 2.64 bits per heavy atom. The molecule has 2 aromatic rings. The average molecular weight is 335 g/mol. The van der Waals surface area contributed by atoms with E-state index in [2.05, 4.69) is 26.9 Å². The SMILES string of the molecule is C=C(C=N/C(=C\C)C(=O)N(C)C)c1ccc(Nc2cccnc2)nc1. The van der Waals surface area contributed by atoms with Crippen molar-refractivity contribution in [2.45, 2.75) is 6.92 Å². The third-order valence-corrected chi connectivity index (χ3v) is 3.33. The average Bonchev–Trinajstić information content (AvgIpc) is 2.63. The number of anilines is 2. The molecule has 0 unspecified atom stereocenters. The van der Waals surface area contributed by atoms with Crippen LogP contribution >= 0.6 is 0 Å². The van der Waals surface area contributed by atoms with Crippen LogP contribution in [0, 0.1) is 0 Å². The summed E-state index contributed by atoms with van der Waals surface area (Å²) in [7, 11) is 3.38. The smallest absolute Gasteiger partial charge is 0.271 e. The fraction of sp³-hybridized carbons (Fsp3) is 0.158. The Kier molecular flexibility index (Phi) is 6.17. The molecule has 6 nitrogen and oxygen atoms in total. The van der Waals surface area contributed by atoms with Crippen LogP contribution in [0.4, 0.5) is 11.5 Å². The molecule has 6 heteroatoms. The Bertz CT molecular complexity index is 792. The third-order valence-electron chi connectivity index (χ3n) is 3.33. The monoisotopic (exact) mass is 335 g/mol. The molecule has 0 aliphatic heterocycles. The van der Waals surface area contributed by atoms with Crippen LogP contribution in [0.25, 0.3) is 5.57 Å². The fourth-order valence-electron chi connectivity index (χ4n) is 1.95. The van der Waals surface area contributed by atoms with E-state index in [-0.39, 0.29) is 5.91 Å². The van der Waals surface area contributed by atoms with Gasteiger partial charge in [-0.25, -0.2) is 4.98 Å². The van der Waals surface area contributed by atoms with Gasteiger partial charge in [0.05, 0.1) is 11.9 Å². The molecule has 0 aliphatic carbocycles. The second-order valence-corrected chi connectivity index (χ2v) is 5.46. The van der Waals surface area contributed by atoms with Crippen LogP contribution in [-0.4, -0.2) is 41.1 Å². The molecule has 1 amide bonds. The van der Waals surface area contributed by atoms with Crippen molar-refractivity contribution in [3.8, 4) is 0 Å². The lowest BCUT2D eigenvalue weighted by molar-refractivity contribution is -0.124. The first-order valence-corrected chi connectivity index (χ1v) is 7.75. The molecule has 0 aliphatic rings. The standard InChI is InChI=1S/C19H21N5O/c1-5-17(19(25)24(3)4)21-11-14(2)15-8-9-18(22-12-15)23-16-7-6-10-20-13-16/h5-13H,2H2,1,3-4H3,(H,22,23)/b17-5-,21-11?. The number of aliphatic imine (C=N–C) groups is 1. The van der Waals surface area contributed by atoms with Gasteiger partial charge >= 0.3 is 0 Å². The predicted octanol–water partition coefficient (Wildman–Crippen LogP) is 3.30. The van der Waals surface area contributed by atoms with Crippen molar-refractivity contribution in [1.29, 1.82) is 0 Å². The Labute approximate surface area is 147 Å². The number of amides is 1. The molecule has 2 aromatic heterocycles. The zero-order chi connectivity index (χ0) is 18.2. The lowest BCUT2D eigenvalue weighted by atomic mass is 10.1. The topological polar surface area (TPSA) is 70.5 Å². The summed E-state index contributed by atoms with van der Waals surface area (Å²) in [5.74, 6) is 0.555. The van der Waals surface area contributed by atoms with Crippen LogP contribution in [0.1, 0.15) is 12.5 Å². The van der Waals surface area contributed by atoms with E-state index in [9.17, 15) is 4.79 Å². The van der Waals surface area contributed by atoms with Gasteiger partial charge in [0.25, 0.3) is 5.91 Å². The van der Waals surface area contributed by atoms with Crippen molar-refractivity contribution in [1.82, 2.24) is 14.9 Å². The van der Waals surface area contributed by atoms with Gasteiger partial charge in [0.2, 0.25) is 0 Å². The summed E-state index contributed by atoms with van der Waals surface area (Å²) < 4.78 is 0. The van der Waals surface area contributed by atoms with Crippen molar-refractivity contribution in [2.24, 2.45) is 4.99 Å². The highest BCUT2D eigenvalue weighted by Crippen LogP contribution is 2.16. The van der Waals surface area contributed by atoms with E-state index in [0.29, 0.717) is 17.1 Å². The summed E-state index contributed by atoms with van der Waals surface area (Å²) in [6, 6.07) is 7.50. The van der Waals surface area contributed by atoms with Gasteiger partial charge in [-0.15, -0.1) is 0 Å². The van der Waals surface area contributed by atoms with E-state index in [4.69, 9.17) is 0 Å². The number of carbonyl (C=O) groups excluding carboxylic acids is 1. The molecule has 0 radical (unpaired) electrons. The van der Waals surface area contributed by atoms with Gasteiger partial charge in [-0.2, -0.15) is 0 Å². The Balaban J connectivity index is 2.05. The van der Waals surface area contributed by atoms with E-state index in [1.54, 1.807) is 51.9 Å². The van der Waals surface area contributed by atoms with Gasteiger partial charge in [-0.3, -0.25) is 14.8 Å². The van der Waals surface area contributed by atoms with Gasteiger partial charge in [0.1, 0.15) is 11.5 Å². The Morgan fingerprint density at radius 1 is 1.28 bits per heavy atom. The largest absolute Gasteiger partial charge is 0.343 e. The second kappa shape index (κ2) is 8.54. The molecule has 0 spiro atoms. The number of allylic oxidation sites excluding steroid dienone is 2. The molecule has 0 saturated carbocycles. The molecule has 0 atom stereocenters. The second-order valence-electron chi connectivity index (χ2n) is 5.46. The van der Waals surface area contributed by atoms with Crippen molar-refractivity contribution in [2.75, 3.05) is 19.4 Å². The molecule has 2 rings (SSSR count). The summed E-state index contributed by atoms with van der Waals surface area (Å²) in [4.78, 5) is 26.0. The molecule has 0 aromatic carbocycles. The van der Waals surface area contributed by atoms with Gasteiger partial charge < -0.3 is 10.2 Å². The first-order chi connectivity index (χ1) is 12.0. The number of hydrogen-bond donors (Lipinski definition) is 1. The van der Waals surface area contributed by atoms with Gasteiger partial charge in [0.15, 0.2) is 0 Å². The number of carbonyl (C=O) groups is 1. The Hall–Kier alpha value is -3.28. The number of aromatic nitrogens is 2. The third kappa shape index (κ3) is 5.10. The molecule has 1 N–H and O–H groups in total. The van der Waals surface area contributed by atoms with Crippen LogP contribution in [-0.2, 0) is 4.79 Å². The minimum absolute atomic E-state index is 0.152. The quantitative estimate of drug-likeness (QED) is 0.649. The molecule has 0 fully saturated rings. The number of pyridine rings is 2.